The van der Waals surface area contributed by atoms with Crippen LogP contribution in [0.15, 0.2) is 6.08 Å². The van der Waals surface area contributed by atoms with Crippen LogP contribution in [0.1, 0.15) is 23.4 Å². The van der Waals surface area contributed by atoms with E-state index in [4.69, 9.17) is 5.11 Å². The quantitative estimate of drug-likeness (QED) is 0.668. The Morgan fingerprint density at radius 2 is 2.50 bits per heavy atom. The van der Waals surface area contributed by atoms with Gasteiger partial charge in [-0.3, -0.25) is 4.68 Å². The zero-order valence-electron chi connectivity index (χ0n) is 7.12. The molecule has 1 aliphatic carbocycles. The summed E-state index contributed by atoms with van der Waals surface area (Å²) in [4.78, 5) is 0. The topological polar surface area (TPSA) is 38.0 Å². The molecule has 0 saturated heterocycles. The van der Waals surface area contributed by atoms with Crippen LogP contribution in [0, 0.1) is 0 Å². The van der Waals surface area contributed by atoms with Gasteiger partial charge in [0.05, 0.1) is 18.0 Å². The molecule has 1 heterocycles. The molecular formula is C9H12N2O. The van der Waals surface area contributed by atoms with Crippen molar-refractivity contribution < 1.29 is 5.11 Å². The Morgan fingerprint density at radius 1 is 1.67 bits per heavy atom. The summed E-state index contributed by atoms with van der Waals surface area (Å²) in [5.74, 6) is 0. The molecule has 1 aliphatic rings. The van der Waals surface area contributed by atoms with Crippen LogP contribution < -0.4 is 0 Å². The molecule has 1 aromatic rings. The molecule has 0 unspecified atom stereocenters. The lowest BCUT2D eigenvalue weighted by molar-refractivity contribution is 0.274. The van der Waals surface area contributed by atoms with E-state index in [0.29, 0.717) is 0 Å². The van der Waals surface area contributed by atoms with E-state index in [1.54, 1.807) is 0 Å². The molecule has 0 amide bonds. The van der Waals surface area contributed by atoms with Crippen molar-refractivity contribution in [1.29, 1.82) is 0 Å². The van der Waals surface area contributed by atoms with E-state index in [-0.39, 0.29) is 6.61 Å². The van der Waals surface area contributed by atoms with Gasteiger partial charge in [0.1, 0.15) is 0 Å². The van der Waals surface area contributed by atoms with Crippen LogP contribution in [-0.2, 0) is 20.1 Å². The number of nitrogens with zero attached hydrogens (tertiary/aromatic N) is 2. The highest BCUT2D eigenvalue weighted by molar-refractivity contribution is 5.53. The fourth-order valence-corrected chi connectivity index (χ4v) is 1.67. The van der Waals surface area contributed by atoms with Crippen LogP contribution in [0.5, 0.6) is 0 Å². The summed E-state index contributed by atoms with van der Waals surface area (Å²) >= 11 is 0. The highest BCUT2D eigenvalue weighted by Gasteiger charge is 2.14. The largest absolute Gasteiger partial charge is 0.390 e. The summed E-state index contributed by atoms with van der Waals surface area (Å²) in [7, 11) is 1.91. The van der Waals surface area contributed by atoms with E-state index in [9.17, 15) is 0 Å². The van der Waals surface area contributed by atoms with Crippen molar-refractivity contribution in [3.8, 4) is 0 Å². The van der Waals surface area contributed by atoms with E-state index in [1.165, 1.54) is 5.56 Å². The Labute approximate surface area is 71.3 Å². The van der Waals surface area contributed by atoms with E-state index < -0.39 is 0 Å². The first-order chi connectivity index (χ1) is 5.83. The van der Waals surface area contributed by atoms with Crippen LogP contribution >= 0.6 is 0 Å². The van der Waals surface area contributed by atoms with Crippen molar-refractivity contribution in [2.24, 2.45) is 7.05 Å². The van der Waals surface area contributed by atoms with Gasteiger partial charge in [-0.25, -0.2) is 0 Å². The molecule has 1 aromatic heterocycles. The van der Waals surface area contributed by atoms with Gasteiger partial charge >= 0.3 is 0 Å². The lowest BCUT2D eigenvalue weighted by Gasteiger charge is -2.05. The second-order valence-corrected chi connectivity index (χ2v) is 3.03. The summed E-state index contributed by atoms with van der Waals surface area (Å²) in [6.45, 7) is 0.0526. The van der Waals surface area contributed by atoms with Crippen molar-refractivity contribution in [1.82, 2.24) is 9.78 Å². The maximum atomic E-state index is 9.01. The third-order valence-corrected chi connectivity index (χ3v) is 2.26. The predicted molar refractivity (Wildman–Crippen MR) is 46.5 cm³/mol. The Hall–Kier alpha value is -1.09. The zero-order valence-corrected chi connectivity index (χ0v) is 7.12. The molecule has 3 nitrogen and oxygen atoms in total. The molecule has 0 aromatic carbocycles. The van der Waals surface area contributed by atoms with Gasteiger partial charge in [-0.05, 0) is 18.9 Å². The van der Waals surface area contributed by atoms with Gasteiger partial charge in [-0.1, -0.05) is 6.08 Å². The van der Waals surface area contributed by atoms with E-state index in [0.717, 1.165) is 24.2 Å². The molecule has 0 bridgehead atoms. The number of aromatic nitrogens is 2. The first kappa shape index (κ1) is 7.55. The lowest BCUT2D eigenvalue weighted by atomic mass is 10.0. The Bertz CT molecular complexity index is 326. The highest BCUT2D eigenvalue weighted by atomic mass is 16.3. The molecular weight excluding hydrogens is 152 g/mol. The van der Waals surface area contributed by atoms with Crippen LogP contribution in [-0.4, -0.2) is 14.9 Å². The molecule has 0 spiro atoms. The molecule has 0 fully saturated rings. The van der Waals surface area contributed by atoms with E-state index >= 15 is 0 Å². The van der Waals surface area contributed by atoms with Gasteiger partial charge in [-0.15, -0.1) is 0 Å². The molecule has 0 atom stereocenters. The second-order valence-electron chi connectivity index (χ2n) is 3.03. The summed E-state index contributed by atoms with van der Waals surface area (Å²) < 4.78 is 1.83. The zero-order chi connectivity index (χ0) is 8.55. The number of aliphatic hydroxyl groups is 1. The number of hydrogen-bond donors (Lipinski definition) is 1. The summed E-state index contributed by atoms with van der Waals surface area (Å²) in [5, 5.41) is 13.2. The van der Waals surface area contributed by atoms with Crippen molar-refractivity contribution in [3.05, 3.63) is 23.0 Å². The molecule has 0 saturated carbocycles. The highest BCUT2D eigenvalue weighted by Crippen LogP contribution is 2.21. The number of fused-ring (bicyclic) bond motifs is 1. The van der Waals surface area contributed by atoms with Crippen molar-refractivity contribution >= 4 is 6.08 Å². The SMILES string of the molecule is Cn1nc(CO)c2c1C=CCC2. The smallest absolute Gasteiger partial charge is 0.0917 e. The van der Waals surface area contributed by atoms with Crippen molar-refractivity contribution in [2.45, 2.75) is 19.4 Å². The van der Waals surface area contributed by atoms with E-state index in [1.807, 2.05) is 11.7 Å². The molecule has 0 radical (unpaired) electrons. The van der Waals surface area contributed by atoms with Gasteiger partial charge in [0, 0.05) is 12.6 Å². The number of allylic oxidation sites excluding steroid dienone is 1. The standard InChI is InChI=1S/C9H12N2O/c1-11-9-5-3-2-4-7(9)8(6-12)10-11/h3,5,12H,2,4,6H2,1H3. The fraction of sp³-hybridized carbons (Fsp3) is 0.444. The predicted octanol–water partition coefficient (Wildman–Crippen LogP) is 0.872. The molecule has 0 aliphatic heterocycles. The summed E-state index contributed by atoms with van der Waals surface area (Å²) in [6.07, 6.45) is 6.29. The maximum absolute atomic E-state index is 9.01. The maximum Gasteiger partial charge on any atom is 0.0917 e. The molecule has 3 heteroatoms. The average Bonchev–Trinajstić information content (AvgIpc) is 2.44. The van der Waals surface area contributed by atoms with Crippen LogP contribution in [0.4, 0.5) is 0 Å². The van der Waals surface area contributed by atoms with Gasteiger partial charge in [0.25, 0.3) is 0 Å². The number of aliphatic hydroxyl groups excluding tert-OH is 1. The Kier molecular flexibility index (Phi) is 1.73. The van der Waals surface area contributed by atoms with Gasteiger partial charge in [-0.2, -0.15) is 5.10 Å². The van der Waals surface area contributed by atoms with Gasteiger partial charge in [0.15, 0.2) is 0 Å². The van der Waals surface area contributed by atoms with Crippen molar-refractivity contribution in [3.63, 3.8) is 0 Å². The average molecular weight is 164 g/mol. The summed E-state index contributed by atoms with van der Waals surface area (Å²) in [6, 6.07) is 0. The minimum atomic E-state index is 0.0526. The summed E-state index contributed by atoms with van der Waals surface area (Å²) in [5.41, 5.74) is 3.18. The third-order valence-electron chi connectivity index (χ3n) is 2.26. The van der Waals surface area contributed by atoms with Crippen LogP contribution in [0.25, 0.3) is 6.08 Å². The number of rotatable bonds is 1. The first-order valence-electron chi connectivity index (χ1n) is 4.15. The first-order valence-corrected chi connectivity index (χ1v) is 4.15. The van der Waals surface area contributed by atoms with Crippen molar-refractivity contribution in [2.75, 3.05) is 0 Å². The van der Waals surface area contributed by atoms with Crippen LogP contribution in [0.2, 0.25) is 0 Å². The van der Waals surface area contributed by atoms with Gasteiger partial charge in [0.2, 0.25) is 0 Å². The molecule has 2 rings (SSSR count). The van der Waals surface area contributed by atoms with Crippen LogP contribution in [0.3, 0.4) is 0 Å². The minimum absolute atomic E-state index is 0.0526. The van der Waals surface area contributed by atoms with E-state index in [2.05, 4.69) is 17.3 Å². The molecule has 12 heavy (non-hydrogen) atoms. The number of aryl methyl sites for hydroxylation is 1. The fourth-order valence-electron chi connectivity index (χ4n) is 1.67. The second kappa shape index (κ2) is 2.75. The molecule has 1 N–H and O–H groups in total. The third kappa shape index (κ3) is 0.975. The molecule has 64 valence electrons. The monoisotopic (exact) mass is 164 g/mol. The normalized spacial score (nSPS) is 14.8. The lowest BCUT2D eigenvalue weighted by Crippen LogP contribution is -1.97. The Balaban J connectivity index is 2.56. The number of hydrogen-bond acceptors (Lipinski definition) is 2. The Morgan fingerprint density at radius 3 is 3.25 bits per heavy atom. The van der Waals surface area contributed by atoms with Gasteiger partial charge < -0.3 is 5.11 Å². The minimum Gasteiger partial charge on any atom is -0.390 e.